The number of sulfonamides is 1. The lowest BCUT2D eigenvalue weighted by Gasteiger charge is -2.35. The molecule has 1 fully saturated rings. The van der Waals surface area contributed by atoms with Crippen LogP contribution in [0.2, 0.25) is 0 Å². The normalized spacial score (nSPS) is 13.8. The van der Waals surface area contributed by atoms with E-state index < -0.39 is 38.9 Å². The van der Waals surface area contributed by atoms with Gasteiger partial charge in [-0.25, -0.2) is 13.1 Å². The molecule has 2 aromatic heterocycles. The molecule has 12 nitrogen and oxygen atoms in total. The number of carbonyl (C=O) groups is 1. The van der Waals surface area contributed by atoms with Gasteiger partial charge in [0.2, 0.25) is 0 Å². The minimum Gasteiger partial charge on any atom is -0.492 e. The van der Waals surface area contributed by atoms with Gasteiger partial charge in [-0.15, -0.1) is 35.1 Å². The van der Waals surface area contributed by atoms with Gasteiger partial charge in [0, 0.05) is 67.4 Å². The fourth-order valence-electron chi connectivity index (χ4n) is 6.13. The molecule has 1 aliphatic heterocycles. The lowest BCUT2D eigenvalue weighted by molar-refractivity contribution is -0.274. The zero-order chi connectivity index (χ0) is 42.2. The van der Waals surface area contributed by atoms with Crippen molar-refractivity contribution in [3.05, 3.63) is 114 Å². The Morgan fingerprint density at radius 3 is 2.27 bits per heavy atom. The van der Waals surface area contributed by atoms with Crippen LogP contribution in [0.25, 0.3) is 11.1 Å². The van der Waals surface area contributed by atoms with Crippen LogP contribution in [0.5, 0.6) is 11.5 Å². The predicted octanol–water partition coefficient (Wildman–Crippen LogP) is 7.50. The number of hydrogen-bond donors (Lipinski definition) is 2. The fraction of sp³-hybridized carbons (Fsp3) is 0.282. The maximum absolute atomic E-state index is 14.0. The molecule has 2 N–H and O–H groups in total. The number of alkyl halides is 6. The highest BCUT2D eigenvalue weighted by Gasteiger charge is 2.36. The van der Waals surface area contributed by atoms with Crippen LogP contribution in [0.15, 0.2) is 107 Å². The summed E-state index contributed by atoms with van der Waals surface area (Å²) in [5.41, 5.74) is -0.335. The Bertz CT molecular complexity index is 2330. The molecule has 0 unspecified atom stereocenters. The minimum absolute atomic E-state index is 0.166. The van der Waals surface area contributed by atoms with Crippen molar-refractivity contribution in [2.45, 2.75) is 35.8 Å². The Kier molecular flexibility index (Phi) is 13.5. The average molecular weight is 862 g/mol. The van der Waals surface area contributed by atoms with Gasteiger partial charge in [0.25, 0.3) is 15.9 Å². The summed E-state index contributed by atoms with van der Waals surface area (Å²) in [5, 5.41) is 10.6. The van der Waals surface area contributed by atoms with E-state index in [1.807, 2.05) is 40.1 Å². The SMILES string of the molecule is CCOc1cncc(-c2cc(CN3CCN(c4ccc(C(=O)NS(=O)(=O)c5ccc(NCCSc6ccccc6)c(C(F)(F)F)c5)nn4)CC3)cc(OC(F)(F)F)c2)c1. The van der Waals surface area contributed by atoms with Crippen LogP contribution in [-0.4, -0.2) is 85.9 Å². The topological polar surface area (TPSA) is 139 Å². The second kappa shape index (κ2) is 18.5. The fourth-order valence-corrected chi connectivity index (χ4v) is 7.90. The Morgan fingerprint density at radius 1 is 0.847 bits per heavy atom. The van der Waals surface area contributed by atoms with Crippen molar-refractivity contribution in [2.75, 3.05) is 55.3 Å². The number of carbonyl (C=O) groups excluding carboxylic acids is 1. The number of pyridine rings is 1. The number of aromatic nitrogens is 3. The van der Waals surface area contributed by atoms with E-state index in [0.717, 1.165) is 17.0 Å². The van der Waals surface area contributed by atoms with E-state index >= 15 is 0 Å². The van der Waals surface area contributed by atoms with Crippen LogP contribution in [0.4, 0.5) is 37.8 Å². The first kappa shape index (κ1) is 43.0. The van der Waals surface area contributed by atoms with Crippen LogP contribution in [0, 0.1) is 0 Å². The first-order valence-electron chi connectivity index (χ1n) is 18.1. The number of thioether (sulfide) groups is 1. The molecule has 3 heterocycles. The van der Waals surface area contributed by atoms with E-state index in [2.05, 4.69) is 25.2 Å². The Labute approximate surface area is 340 Å². The molecule has 5 aromatic rings. The van der Waals surface area contributed by atoms with E-state index in [-0.39, 0.29) is 23.7 Å². The summed E-state index contributed by atoms with van der Waals surface area (Å²) >= 11 is 1.44. The summed E-state index contributed by atoms with van der Waals surface area (Å²) in [6.45, 7) is 4.46. The zero-order valence-corrected chi connectivity index (χ0v) is 32.9. The van der Waals surface area contributed by atoms with E-state index in [1.165, 1.54) is 48.4 Å². The van der Waals surface area contributed by atoms with Crippen LogP contribution in [0.1, 0.15) is 28.5 Å². The standard InChI is InChI=1S/C39H37F6N7O5S2/c1-2-56-30-21-28(23-46-24-30)27-18-26(19-29(20-27)57-39(43,44)45)25-51-13-15-52(16-14-51)36-11-10-35(48-49-36)37(53)50-59(54,55)32-8-9-34(33(22-32)38(40,41)42)47-12-17-58-31-6-4-3-5-7-31/h3-11,18-24,47H,2,12-17,25H2,1H3,(H,50,53). The maximum Gasteiger partial charge on any atom is 0.573 e. The van der Waals surface area contributed by atoms with Gasteiger partial charge >= 0.3 is 12.5 Å². The second-order valence-corrected chi connectivity index (χ2v) is 15.9. The van der Waals surface area contributed by atoms with Crippen molar-refractivity contribution in [3.8, 4) is 22.6 Å². The number of halogens is 6. The lowest BCUT2D eigenvalue weighted by Crippen LogP contribution is -2.46. The third-order valence-corrected chi connectivity index (χ3v) is 11.1. The summed E-state index contributed by atoms with van der Waals surface area (Å²) in [4.78, 5) is 21.1. The Hall–Kier alpha value is -5.60. The quantitative estimate of drug-likeness (QED) is 0.0613. The third-order valence-electron chi connectivity index (χ3n) is 8.81. The first-order chi connectivity index (χ1) is 28.1. The van der Waals surface area contributed by atoms with Gasteiger partial charge in [-0.1, -0.05) is 18.2 Å². The van der Waals surface area contributed by atoms with E-state index in [4.69, 9.17) is 4.74 Å². The molecule has 312 valence electrons. The van der Waals surface area contributed by atoms with Gasteiger partial charge in [-0.05, 0) is 84.8 Å². The summed E-state index contributed by atoms with van der Waals surface area (Å²) < 4.78 is 119. The largest absolute Gasteiger partial charge is 0.573 e. The molecule has 0 radical (unpaired) electrons. The predicted molar refractivity (Wildman–Crippen MR) is 209 cm³/mol. The van der Waals surface area contributed by atoms with Crippen LogP contribution >= 0.6 is 11.8 Å². The highest BCUT2D eigenvalue weighted by atomic mass is 32.2. The summed E-state index contributed by atoms with van der Waals surface area (Å²) in [5.74, 6) is -0.290. The van der Waals surface area contributed by atoms with Crippen molar-refractivity contribution in [1.29, 1.82) is 0 Å². The molecular weight excluding hydrogens is 825 g/mol. The third kappa shape index (κ3) is 12.0. The molecule has 0 bridgehead atoms. The summed E-state index contributed by atoms with van der Waals surface area (Å²) in [6.07, 6.45) is -6.77. The van der Waals surface area contributed by atoms with Crippen molar-refractivity contribution in [2.24, 2.45) is 0 Å². The molecule has 1 aliphatic rings. The van der Waals surface area contributed by atoms with Crippen molar-refractivity contribution >= 4 is 39.2 Å². The van der Waals surface area contributed by atoms with Crippen LogP contribution < -0.4 is 24.4 Å². The van der Waals surface area contributed by atoms with Crippen molar-refractivity contribution < 1.29 is 49.0 Å². The maximum atomic E-state index is 14.0. The van der Waals surface area contributed by atoms with Crippen molar-refractivity contribution in [3.63, 3.8) is 0 Å². The second-order valence-electron chi connectivity index (χ2n) is 13.0. The number of nitrogens with zero attached hydrogens (tertiary/aromatic N) is 5. The Morgan fingerprint density at radius 2 is 1.59 bits per heavy atom. The number of piperazine rings is 1. The highest BCUT2D eigenvalue weighted by molar-refractivity contribution is 7.99. The molecule has 0 aliphatic carbocycles. The van der Waals surface area contributed by atoms with E-state index in [9.17, 15) is 39.6 Å². The first-order valence-corrected chi connectivity index (χ1v) is 20.5. The smallest absolute Gasteiger partial charge is 0.492 e. The average Bonchev–Trinajstić information content (AvgIpc) is 3.19. The summed E-state index contributed by atoms with van der Waals surface area (Å²) in [7, 11) is -4.75. The molecule has 0 atom stereocenters. The van der Waals surface area contributed by atoms with Gasteiger partial charge in [0.1, 0.15) is 11.5 Å². The van der Waals surface area contributed by atoms with Crippen LogP contribution in [0.3, 0.4) is 0 Å². The summed E-state index contributed by atoms with van der Waals surface area (Å²) in [6, 6.07) is 20.5. The Balaban J connectivity index is 1.06. The van der Waals surface area contributed by atoms with Gasteiger partial charge < -0.3 is 19.7 Å². The number of hydrogen-bond acceptors (Lipinski definition) is 12. The number of amides is 1. The molecule has 6 rings (SSSR count). The molecule has 59 heavy (non-hydrogen) atoms. The van der Waals surface area contributed by atoms with Gasteiger partial charge in [0.05, 0.1) is 23.3 Å². The molecular formula is C39H37F6N7O5S2. The van der Waals surface area contributed by atoms with Gasteiger partial charge in [0.15, 0.2) is 11.5 Å². The van der Waals surface area contributed by atoms with Gasteiger partial charge in [-0.3, -0.25) is 14.7 Å². The number of nitrogens with one attached hydrogen (secondary N) is 2. The zero-order valence-electron chi connectivity index (χ0n) is 31.3. The molecule has 1 amide bonds. The van der Waals surface area contributed by atoms with Crippen LogP contribution in [-0.2, 0) is 22.7 Å². The molecule has 0 saturated carbocycles. The minimum atomic E-state index is -4.90. The number of ether oxygens (including phenoxy) is 2. The van der Waals surface area contributed by atoms with E-state index in [1.54, 1.807) is 23.8 Å². The van der Waals surface area contributed by atoms with Crippen molar-refractivity contribution in [1.82, 2.24) is 24.8 Å². The number of rotatable bonds is 15. The van der Waals surface area contributed by atoms with Gasteiger partial charge in [-0.2, -0.15) is 13.2 Å². The molecule has 20 heteroatoms. The number of benzene rings is 3. The monoisotopic (exact) mass is 861 g/mol. The molecule has 0 spiro atoms. The lowest BCUT2D eigenvalue weighted by atomic mass is 10.0. The molecule has 1 saturated heterocycles. The highest BCUT2D eigenvalue weighted by Crippen LogP contribution is 2.37. The molecule has 3 aromatic carbocycles. The van der Waals surface area contributed by atoms with E-state index in [0.29, 0.717) is 79.4 Å². The number of anilines is 2.